The molecule has 150 valence electrons. The van der Waals surface area contributed by atoms with Crippen molar-refractivity contribution in [3.8, 4) is 0 Å². The molecule has 4 aromatic rings. The van der Waals surface area contributed by atoms with Crippen LogP contribution in [0, 0.1) is 26.6 Å². The van der Waals surface area contributed by atoms with Crippen molar-refractivity contribution in [2.24, 2.45) is 0 Å². The zero-order chi connectivity index (χ0) is 21.4. The predicted octanol–water partition coefficient (Wildman–Crippen LogP) is 5.35. The Kier molecular flexibility index (Phi) is 5.08. The molecule has 0 saturated carbocycles. The van der Waals surface area contributed by atoms with Crippen LogP contribution in [0.5, 0.6) is 0 Å². The van der Waals surface area contributed by atoms with Gasteiger partial charge in [0.25, 0.3) is 5.56 Å². The van der Waals surface area contributed by atoms with E-state index in [1.54, 1.807) is 34.9 Å². The number of ketones is 1. The van der Waals surface area contributed by atoms with Crippen molar-refractivity contribution >= 4 is 16.7 Å². The van der Waals surface area contributed by atoms with E-state index >= 15 is 0 Å². The van der Waals surface area contributed by atoms with E-state index in [0.717, 1.165) is 22.3 Å². The quantitative estimate of drug-likeness (QED) is 0.434. The molecule has 0 aliphatic carbocycles. The highest BCUT2D eigenvalue weighted by molar-refractivity contribution is 6.10. The minimum atomic E-state index is -0.409. The molecule has 4 heteroatoms. The van der Waals surface area contributed by atoms with Gasteiger partial charge in [-0.3, -0.25) is 9.59 Å². The molecule has 0 spiro atoms. The lowest BCUT2D eigenvalue weighted by Crippen LogP contribution is -2.28. The third kappa shape index (κ3) is 3.57. The predicted molar refractivity (Wildman–Crippen MR) is 118 cm³/mol. The van der Waals surface area contributed by atoms with Gasteiger partial charge in [0.1, 0.15) is 5.82 Å². The highest BCUT2D eigenvalue weighted by Crippen LogP contribution is 2.22. The molecule has 0 bridgehead atoms. The van der Waals surface area contributed by atoms with Gasteiger partial charge < -0.3 is 4.57 Å². The van der Waals surface area contributed by atoms with Crippen molar-refractivity contribution in [1.29, 1.82) is 0 Å². The van der Waals surface area contributed by atoms with Crippen molar-refractivity contribution < 1.29 is 9.18 Å². The van der Waals surface area contributed by atoms with Gasteiger partial charge in [-0.15, -0.1) is 0 Å². The Morgan fingerprint density at radius 3 is 2.23 bits per heavy atom. The zero-order valence-electron chi connectivity index (χ0n) is 17.2. The Morgan fingerprint density at radius 2 is 1.57 bits per heavy atom. The average molecular weight is 399 g/mol. The lowest BCUT2D eigenvalue weighted by molar-refractivity contribution is 0.103. The number of aromatic nitrogens is 1. The topological polar surface area (TPSA) is 39.1 Å². The fourth-order valence-corrected chi connectivity index (χ4v) is 4.04. The van der Waals surface area contributed by atoms with Gasteiger partial charge in [-0.05, 0) is 61.7 Å². The summed E-state index contributed by atoms with van der Waals surface area (Å²) >= 11 is 0. The summed E-state index contributed by atoms with van der Waals surface area (Å²) in [6, 6.07) is 18.6. The van der Waals surface area contributed by atoms with Crippen molar-refractivity contribution in [1.82, 2.24) is 4.57 Å². The fourth-order valence-electron chi connectivity index (χ4n) is 4.04. The first kappa shape index (κ1) is 19.8. The van der Waals surface area contributed by atoms with E-state index in [2.05, 4.69) is 12.1 Å². The second kappa shape index (κ2) is 7.71. The molecule has 0 N–H and O–H groups in total. The number of rotatable bonds is 4. The fraction of sp³-hybridized carbons (Fsp3) is 0.154. The summed E-state index contributed by atoms with van der Waals surface area (Å²) in [7, 11) is 0. The standard InChI is InChI=1S/C26H22FNO2/c1-16-11-17(2)23(18(3)12-16)15-28-24-10-9-21(27)13-20(24)14-22(26(28)30)25(29)19-7-5-4-6-8-19/h4-14H,15H2,1-3H3. The number of carbonyl (C=O) groups excluding carboxylic acids is 1. The lowest BCUT2D eigenvalue weighted by Gasteiger charge is -2.17. The van der Waals surface area contributed by atoms with Gasteiger partial charge in [0.05, 0.1) is 17.6 Å². The number of pyridine rings is 1. The van der Waals surface area contributed by atoms with Crippen molar-refractivity contribution in [2.45, 2.75) is 27.3 Å². The Bertz CT molecular complexity index is 1310. The number of benzene rings is 3. The number of hydrogen-bond donors (Lipinski definition) is 0. The van der Waals surface area contributed by atoms with Crippen LogP contribution in [-0.2, 0) is 6.54 Å². The third-order valence-electron chi connectivity index (χ3n) is 5.49. The average Bonchev–Trinajstić information content (AvgIpc) is 2.71. The minimum absolute atomic E-state index is 0.0433. The molecule has 0 amide bonds. The molecular formula is C26H22FNO2. The van der Waals surface area contributed by atoms with Gasteiger partial charge in [0.2, 0.25) is 0 Å². The van der Waals surface area contributed by atoms with Crippen molar-refractivity contribution in [3.05, 3.63) is 116 Å². The first-order chi connectivity index (χ1) is 14.3. The molecule has 0 fully saturated rings. The van der Waals surface area contributed by atoms with Crippen LogP contribution in [0.1, 0.15) is 38.2 Å². The van der Waals surface area contributed by atoms with E-state index < -0.39 is 5.82 Å². The molecule has 4 rings (SSSR count). The van der Waals surface area contributed by atoms with Gasteiger partial charge in [0, 0.05) is 10.9 Å². The van der Waals surface area contributed by atoms with Crippen LogP contribution in [0.4, 0.5) is 4.39 Å². The van der Waals surface area contributed by atoms with Crippen LogP contribution in [-0.4, -0.2) is 10.4 Å². The molecular weight excluding hydrogens is 377 g/mol. The molecule has 30 heavy (non-hydrogen) atoms. The summed E-state index contributed by atoms with van der Waals surface area (Å²) in [6.07, 6.45) is 0. The molecule has 1 heterocycles. The maximum atomic E-state index is 14.0. The Morgan fingerprint density at radius 1 is 0.900 bits per heavy atom. The van der Waals surface area contributed by atoms with Gasteiger partial charge in [-0.2, -0.15) is 0 Å². The molecule has 0 saturated heterocycles. The van der Waals surface area contributed by atoms with E-state index in [9.17, 15) is 14.0 Å². The Balaban J connectivity index is 1.96. The molecule has 3 nitrogen and oxygen atoms in total. The van der Waals surface area contributed by atoms with E-state index in [1.165, 1.54) is 18.2 Å². The number of carbonyl (C=O) groups is 1. The van der Waals surface area contributed by atoms with Crippen LogP contribution in [0.3, 0.4) is 0 Å². The van der Waals surface area contributed by atoms with Crippen molar-refractivity contribution in [3.63, 3.8) is 0 Å². The highest BCUT2D eigenvalue weighted by Gasteiger charge is 2.18. The SMILES string of the molecule is Cc1cc(C)c(Cn2c(=O)c(C(=O)c3ccccc3)cc3cc(F)ccc32)c(C)c1. The minimum Gasteiger partial charge on any atom is -0.303 e. The normalized spacial score (nSPS) is 11.1. The maximum Gasteiger partial charge on any atom is 0.262 e. The van der Waals surface area contributed by atoms with Gasteiger partial charge in [-0.1, -0.05) is 48.0 Å². The summed E-state index contributed by atoms with van der Waals surface area (Å²) in [5.41, 5.74) is 5.04. The number of hydrogen-bond acceptors (Lipinski definition) is 2. The van der Waals surface area contributed by atoms with Gasteiger partial charge >= 0.3 is 0 Å². The highest BCUT2D eigenvalue weighted by atomic mass is 19.1. The number of nitrogens with zero attached hydrogens (tertiary/aromatic N) is 1. The Labute approximate surface area is 174 Å². The monoisotopic (exact) mass is 399 g/mol. The number of halogens is 1. The molecule has 0 atom stereocenters. The van der Waals surface area contributed by atoms with E-state index in [4.69, 9.17) is 0 Å². The van der Waals surface area contributed by atoms with Crippen LogP contribution >= 0.6 is 0 Å². The smallest absolute Gasteiger partial charge is 0.262 e. The van der Waals surface area contributed by atoms with E-state index in [-0.39, 0.29) is 16.9 Å². The molecule has 0 unspecified atom stereocenters. The van der Waals surface area contributed by atoms with E-state index in [0.29, 0.717) is 23.0 Å². The Hall–Kier alpha value is -3.53. The molecule has 1 aromatic heterocycles. The first-order valence-electron chi connectivity index (χ1n) is 9.84. The van der Waals surface area contributed by atoms with Crippen LogP contribution < -0.4 is 5.56 Å². The van der Waals surface area contributed by atoms with Crippen LogP contribution in [0.25, 0.3) is 10.9 Å². The first-order valence-corrected chi connectivity index (χ1v) is 9.84. The summed E-state index contributed by atoms with van der Waals surface area (Å²) in [4.78, 5) is 26.5. The van der Waals surface area contributed by atoms with Crippen LogP contribution in [0.15, 0.2) is 71.5 Å². The summed E-state index contributed by atoms with van der Waals surface area (Å²) in [5, 5.41) is 0.524. The zero-order valence-corrected chi connectivity index (χ0v) is 17.2. The van der Waals surface area contributed by atoms with Crippen LogP contribution in [0.2, 0.25) is 0 Å². The second-order valence-electron chi connectivity index (χ2n) is 7.72. The number of fused-ring (bicyclic) bond motifs is 1. The summed E-state index contributed by atoms with van der Waals surface area (Å²) in [5.74, 6) is -0.772. The second-order valence-corrected chi connectivity index (χ2v) is 7.72. The molecule has 0 aliphatic heterocycles. The summed E-state index contributed by atoms with van der Waals surface area (Å²) in [6.45, 7) is 6.38. The number of aryl methyl sites for hydroxylation is 3. The van der Waals surface area contributed by atoms with Gasteiger partial charge in [-0.25, -0.2) is 4.39 Å². The van der Waals surface area contributed by atoms with E-state index in [1.807, 2.05) is 26.8 Å². The third-order valence-corrected chi connectivity index (χ3v) is 5.49. The molecule has 0 radical (unpaired) electrons. The molecule has 0 aliphatic rings. The van der Waals surface area contributed by atoms with Crippen molar-refractivity contribution in [2.75, 3.05) is 0 Å². The lowest BCUT2D eigenvalue weighted by atomic mass is 9.98. The molecule has 3 aromatic carbocycles. The largest absolute Gasteiger partial charge is 0.303 e. The maximum absolute atomic E-state index is 14.0. The van der Waals surface area contributed by atoms with Gasteiger partial charge in [0.15, 0.2) is 5.78 Å². The summed E-state index contributed by atoms with van der Waals surface area (Å²) < 4.78 is 15.5.